The molecule has 0 bridgehead atoms. The summed E-state index contributed by atoms with van der Waals surface area (Å²) in [4.78, 5) is 16.1. The summed E-state index contributed by atoms with van der Waals surface area (Å²) in [7, 11) is -2.46. The Morgan fingerprint density at radius 3 is 2.77 bits per heavy atom. The third-order valence-electron chi connectivity index (χ3n) is 4.53. The molecule has 0 saturated carbocycles. The predicted octanol–water partition coefficient (Wildman–Crippen LogP) is 1.72. The molecule has 9 heteroatoms. The molecular formula is C17H22ClN3O4S. The van der Waals surface area contributed by atoms with E-state index in [1.54, 1.807) is 18.2 Å². The molecule has 0 aliphatic carbocycles. The van der Waals surface area contributed by atoms with Crippen molar-refractivity contribution >= 4 is 39.2 Å². The second-order valence-corrected chi connectivity index (χ2v) is 7.88. The lowest BCUT2D eigenvalue weighted by Gasteiger charge is -2.30. The van der Waals surface area contributed by atoms with Crippen LogP contribution in [0.3, 0.4) is 0 Å². The number of rotatable bonds is 4. The minimum Gasteiger partial charge on any atom is -0.464 e. The molecule has 2 atom stereocenters. The Kier molecular flexibility index (Phi) is 6.57. The number of carbonyl (C=O) groups excluding carboxylic acids is 1. The molecule has 2 N–H and O–H groups in total. The van der Waals surface area contributed by atoms with Gasteiger partial charge in [0.2, 0.25) is 10.0 Å². The molecule has 0 amide bonds. The van der Waals surface area contributed by atoms with Crippen LogP contribution in [0.1, 0.15) is 23.8 Å². The summed E-state index contributed by atoms with van der Waals surface area (Å²) in [6.45, 7) is 3.57. The lowest BCUT2D eigenvalue weighted by Crippen LogP contribution is -2.48. The van der Waals surface area contributed by atoms with E-state index in [2.05, 4.69) is 15.0 Å². The second kappa shape index (κ2) is 8.30. The number of methoxy groups -OCH3 is 1. The average molecular weight is 400 g/mol. The zero-order valence-corrected chi connectivity index (χ0v) is 16.2. The van der Waals surface area contributed by atoms with Crippen molar-refractivity contribution in [1.82, 2.24) is 15.0 Å². The monoisotopic (exact) mass is 399 g/mol. The number of ether oxygens (including phenoxy) is 1. The van der Waals surface area contributed by atoms with E-state index in [4.69, 9.17) is 4.74 Å². The number of hydrogen-bond donors (Lipinski definition) is 2. The Hall–Kier alpha value is -1.74. The van der Waals surface area contributed by atoms with Crippen LogP contribution in [0.25, 0.3) is 10.8 Å². The Morgan fingerprint density at radius 2 is 2.08 bits per heavy atom. The van der Waals surface area contributed by atoms with E-state index in [-0.39, 0.29) is 35.0 Å². The van der Waals surface area contributed by atoms with Crippen LogP contribution >= 0.6 is 12.4 Å². The Labute approximate surface area is 159 Å². The molecule has 1 aliphatic rings. The number of pyridine rings is 1. The first-order valence-electron chi connectivity index (χ1n) is 8.13. The fraction of sp³-hybridized carbons (Fsp3) is 0.412. The van der Waals surface area contributed by atoms with Gasteiger partial charge in [0.1, 0.15) is 0 Å². The molecule has 0 spiro atoms. The van der Waals surface area contributed by atoms with Gasteiger partial charge in [0.25, 0.3) is 0 Å². The number of benzene rings is 1. The number of esters is 1. The van der Waals surface area contributed by atoms with Crippen molar-refractivity contribution in [3.8, 4) is 0 Å². The molecule has 2 unspecified atom stereocenters. The van der Waals surface area contributed by atoms with Crippen LogP contribution in [0.5, 0.6) is 0 Å². The normalized spacial score (nSPS) is 20.4. The number of nitrogens with zero attached hydrogens (tertiary/aromatic N) is 1. The highest BCUT2D eigenvalue weighted by molar-refractivity contribution is 7.89. The number of nitrogens with one attached hydrogen (secondary N) is 2. The van der Waals surface area contributed by atoms with Gasteiger partial charge in [-0.1, -0.05) is 19.1 Å². The van der Waals surface area contributed by atoms with E-state index in [0.29, 0.717) is 10.8 Å². The Bertz CT molecular complexity index is 904. The van der Waals surface area contributed by atoms with Crippen LogP contribution in [-0.2, 0) is 14.8 Å². The SMILES string of the molecule is COC(=O)c1nccc2c(S(=O)(=O)NC3CCNCC3C)cccc12.Cl. The van der Waals surface area contributed by atoms with Crippen molar-refractivity contribution in [1.29, 1.82) is 0 Å². The van der Waals surface area contributed by atoms with Gasteiger partial charge in [-0.25, -0.2) is 22.9 Å². The molecule has 2 heterocycles. The lowest BCUT2D eigenvalue weighted by molar-refractivity contribution is 0.0596. The second-order valence-electron chi connectivity index (χ2n) is 6.20. The van der Waals surface area contributed by atoms with Gasteiger partial charge in [0, 0.05) is 23.0 Å². The highest BCUT2D eigenvalue weighted by Gasteiger charge is 2.28. The Morgan fingerprint density at radius 1 is 1.31 bits per heavy atom. The van der Waals surface area contributed by atoms with Gasteiger partial charge >= 0.3 is 5.97 Å². The van der Waals surface area contributed by atoms with Gasteiger partial charge in [0.05, 0.1) is 12.0 Å². The number of aromatic nitrogens is 1. The zero-order chi connectivity index (χ0) is 18.0. The van der Waals surface area contributed by atoms with Crippen molar-refractivity contribution in [3.63, 3.8) is 0 Å². The number of sulfonamides is 1. The largest absolute Gasteiger partial charge is 0.464 e. The Balaban J connectivity index is 0.00000243. The van der Waals surface area contributed by atoms with Crippen molar-refractivity contribution in [3.05, 3.63) is 36.2 Å². The smallest absolute Gasteiger partial charge is 0.357 e. The summed E-state index contributed by atoms with van der Waals surface area (Å²) in [5, 5.41) is 4.16. The minimum absolute atomic E-state index is 0. The van der Waals surface area contributed by atoms with Crippen LogP contribution in [0.2, 0.25) is 0 Å². The van der Waals surface area contributed by atoms with E-state index in [1.165, 1.54) is 19.4 Å². The zero-order valence-electron chi connectivity index (χ0n) is 14.6. The summed E-state index contributed by atoms with van der Waals surface area (Å²) >= 11 is 0. The third-order valence-corrected chi connectivity index (χ3v) is 6.07. The topological polar surface area (TPSA) is 97.4 Å². The van der Waals surface area contributed by atoms with Gasteiger partial charge in [-0.05, 0) is 37.6 Å². The standard InChI is InChI=1S/C17H21N3O4S.ClH/c1-11-10-18-8-7-14(11)20-25(22,23)15-5-3-4-13-12(15)6-9-19-16(13)17(21)24-2;/h3-6,9,11,14,18,20H,7-8,10H2,1-2H3;1H. The number of carbonyl (C=O) groups is 1. The first-order valence-corrected chi connectivity index (χ1v) is 9.61. The van der Waals surface area contributed by atoms with Gasteiger partial charge in [0.15, 0.2) is 5.69 Å². The summed E-state index contributed by atoms with van der Waals surface area (Å²) in [5.74, 6) is -0.397. The van der Waals surface area contributed by atoms with E-state index < -0.39 is 16.0 Å². The third kappa shape index (κ3) is 3.98. The summed E-state index contributed by atoms with van der Waals surface area (Å²) in [6.07, 6.45) is 2.15. The number of piperidine rings is 1. The lowest BCUT2D eigenvalue weighted by atomic mass is 9.97. The number of halogens is 1. The van der Waals surface area contributed by atoms with Gasteiger partial charge in [-0.3, -0.25) is 0 Å². The van der Waals surface area contributed by atoms with E-state index in [9.17, 15) is 13.2 Å². The minimum atomic E-state index is -3.73. The van der Waals surface area contributed by atoms with Gasteiger partial charge in [-0.15, -0.1) is 12.4 Å². The highest BCUT2D eigenvalue weighted by atomic mass is 35.5. The predicted molar refractivity (Wildman–Crippen MR) is 101 cm³/mol. The highest BCUT2D eigenvalue weighted by Crippen LogP contribution is 2.26. The molecule has 1 aromatic heterocycles. The van der Waals surface area contributed by atoms with Crippen molar-refractivity contribution in [2.45, 2.75) is 24.3 Å². The van der Waals surface area contributed by atoms with Crippen molar-refractivity contribution < 1.29 is 17.9 Å². The van der Waals surface area contributed by atoms with E-state index >= 15 is 0 Å². The molecule has 7 nitrogen and oxygen atoms in total. The van der Waals surface area contributed by atoms with Crippen LogP contribution in [0.4, 0.5) is 0 Å². The maximum atomic E-state index is 12.9. The summed E-state index contributed by atoms with van der Waals surface area (Å²) in [5.41, 5.74) is 0.104. The molecular weight excluding hydrogens is 378 g/mol. The quantitative estimate of drug-likeness (QED) is 0.760. The molecule has 1 fully saturated rings. The first kappa shape index (κ1) is 20.6. The molecule has 1 saturated heterocycles. The maximum Gasteiger partial charge on any atom is 0.357 e. The number of fused-ring (bicyclic) bond motifs is 1. The molecule has 1 aromatic carbocycles. The van der Waals surface area contributed by atoms with Crippen molar-refractivity contribution in [2.75, 3.05) is 20.2 Å². The summed E-state index contributed by atoms with van der Waals surface area (Å²) in [6, 6.07) is 6.29. The van der Waals surface area contributed by atoms with E-state index in [0.717, 1.165) is 19.5 Å². The first-order chi connectivity index (χ1) is 11.9. The molecule has 3 rings (SSSR count). The molecule has 2 aromatic rings. The number of hydrogen-bond acceptors (Lipinski definition) is 6. The average Bonchev–Trinajstić information content (AvgIpc) is 2.61. The van der Waals surface area contributed by atoms with Crippen LogP contribution in [-0.4, -0.2) is 45.6 Å². The van der Waals surface area contributed by atoms with Crippen LogP contribution in [0.15, 0.2) is 35.4 Å². The van der Waals surface area contributed by atoms with Crippen LogP contribution < -0.4 is 10.0 Å². The molecule has 142 valence electrons. The molecule has 0 radical (unpaired) electrons. The fourth-order valence-electron chi connectivity index (χ4n) is 3.12. The fourth-order valence-corrected chi connectivity index (χ4v) is 4.72. The van der Waals surface area contributed by atoms with E-state index in [1.807, 2.05) is 6.92 Å². The summed E-state index contributed by atoms with van der Waals surface area (Å²) < 4.78 is 33.4. The van der Waals surface area contributed by atoms with Crippen LogP contribution in [0, 0.1) is 5.92 Å². The van der Waals surface area contributed by atoms with Gasteiger partial charge < -0.3 is 10.1 Å². The van der Waals surface area contributed by atoms with Crippen molar-refractivity contribution in [2.24, 2.45) is 5.92 Å². The molecule has 26 heavy (non-hydrogen) atoms. The molecule has 1 aliphatic heterocycles. The van der Waals surface area contributed by atoms with Gasteiger partial charge in [-0.2, -0.15) is 0 Å². The maximum absolute atomic E-state index is 12.9.